The number of amides is 1. The summed E-state index contributed by atoms with van der Waals surface area (Å²) in [5.74, 6) is 0.629. The zero-order chi connectivity index (χ0) is 12.1. The van der Waals surface area contributed by atoms with Crippen molar-refractivity contribution in [2.75, 3.05) is 14.1 Å². The summed E-state index contributed by atoms with van der Waals surface area (Å²) in [5, 5.41) is 0.652. The van der Waals surface area contributed by atoms with Gasteiger partial charge in [0.2, 0.25) is 0 Å². The number of rotatable bonds is 4. The lowest BCUT2D eigenvalue weighted by Gasteiger charge is -2.20. The molecule has 0 saturated carbocycles. The lowest BCUT2D eigenvalue weighted by molar-refractivity contribution is -0.136. The fraction of sp³-hybridized carbons (Fsp3) is 0.417. The summed E-state index contributed by atoms with van der Waals surface area (Å²) in [7, 11) is 3.44. The van der Waals surface area contributed by atoms with Gasteiger partial charge < -0.3 is 9.64 Å². The van der Waals surface area contributed by atoms with Crippen molar-refractivity contribution in [2.45, 2.75) is 19.4 Å². The molecule has 0 aliphatic rings. The Morgan fingerprint density at radius 2 is 1.94 bits per heavy atom. The minimum Gasteiger partial charge on any atom is -0.481 e. The monoisotopic (exact) mass is 241 g/mol. The third-order valence-electron chi connectivity index (χ3n) is 2.18. The fourth-order valence-electron chi connectivity index (χ4n) is 1.27. The molecule has 0 saturated heterocycles. The van der Waals surface area contributed by atoms with Crippen molar-refractivity contribution >= 4 is 17.5 Å². The van der Waals surface area contributed by atoms with E-state index in [2.05, 4.69) is 0 Å². The molecule has 3 nitrogen and oxygen atoms in total. The van der Waals surface area contributed by atoms with Crippen LogP contribution in [0.5, 0.6) is 5.75 Å². The normalized spacial score (nSPS) is 12.0. The van der Waals surface area contributed by atoms with E-state index in [4.69, 9.17) is 16.3 Å². The van der Waals surface area contributed by atoms with Gasteiger partial charge in [0.25, 0.3) is 5.91 Å². The molecule has 0 aliphatic heterocycles. The van der Waals surface area contributed by atoms with E-state index in [1.165, 1.54) is 4.90 Å². The summed E-state index contributed by atoms with van der Waals surface area (Å²) in [6.07, 6.45) is 0.204. The van der Waals surface area contributed by atoms with Crippen molar-refractivity contribution in [3.63, 3.8) is 0 Å². The fourth-order valence-corrected chi connectivity index (χ4v) is 1.40. The van der Waals surface area contributed by atoms with Gasteiger partial charge in [-0.15, -0.1) is 0 Å². The first-order valence-electron chi connectivity index (χ1n) is 5.18. The largest absolute Gasteiger partial charge is 0.481 e. The Labute approximate surface area is 101 Å². The molecule has 0 aromatic heterocycles. The number of halogens is 1. The molecule has 1 amide bonds. The van der Waals surface area contributed by atoms with Gasteiger partial charge in [0.15, 0.2) is 6.10 Å². The molecule has 0 heterocycles. The van der Waals surface area contributed by atoms with Crippen LogP contribution >= 0.6 is 11.6 Å². The molecule has 0 aliphatic carbocycles. The van der Waals surface area contributed by atoms with E-state index in [0.717, 1.165) is 0 Å². The van der Waals surface area contributed by atoms with Gasteiger partial charge in [0.05, 0.1) is 0 Å². The number of carbonyl (C=O) groups is 1. The van der Waals surface area contributed by atoms with Crippen LogP contribution in [0.3, 0.4) is 0 Å². The van der Waals surface area contributed by atoms with E-state index in [1.807, 2.05) is 6.92 Å². The van der Waals surface area contributed by atoms with E-state index in [1.54, 1.807) is 38.4 Å². The van der Waals surface area contributed by atoms with E-state index in [9.17, 15) is 4.79 Å². The maximum absolute atomic E-state index is 11.7. The van der Waals surface area contributed by atoms with Gasteiger partial charge in [-0.25, -0.2) is 0 Å². The average molecular weight is 242 g/mol. The van der Waals surface area contributed by atoms with Crippen LogP contribution in [0, 0.1) is 0 Å². The minimum absolute atomic E-state index is 0.0301. The molecule has 0 bridgehead atoms. The summed E-state index contributed by atoms with van der Waals surface area (Å²) < 4.78 is 5.59. The number of benzene rings is 1. The van der Waals surface area contributed by atoms with Gasteiger partial charge in [0.1, 0.15) is 5.75 Å². The molecule has 0 fully saturated rings. The van der Waals surface area contributed by atoms with E-state index in [-0.39, 0.29) is 5.91 Å². The van der Waals surface area contributed by atoms with Crippen molar-refractivity contribution in [2.24, 2.45) is 0 Å². The molecule has 88 valence electrons. The molecular formula is C12H16ClNO2. The summed E-state index contributed by atoms with van der Waals surface area (Å²) in [6.45, 7) is 1.92. The lowest BCUT2D eigenvalue weighted by Crippen LogP contribution is -2.37. The Bertz CT molecular complexity index is 349. The topological polar surface area (TPSA) is 29.5 Å². The molecule has 0 N–H and O–H groups in total. The SMILES string of the molecule is CC[C@@H](Oc1ccc(Cl)cc1)C(=O)N(C)C. The van der Waals surface area contributed by atoms with Crippen LogP contribution in [0.1, 0.15) is 13.3 Å². The molecular weight excluding hydrogens is 226 g/mol. The van der Waals surface area contributed by atoms with Crippen LogP contribution in [-0.2, 0) is 4.79 Å². The number of nitrogens with zero attached hydrogens (tertiary/aromatic N) is 1. The summed E-state index contributed by atoms with van der Waals surface area (Å²) in [5.41, 5.74) is 0. The number of likely N-dealkylation sites (N-methyl/N-ethyl adjacent to an activating group) is 1. The highest BCUT2D eigenvalue weighted by molar-refractivity contribution is 6.30. The molecule has 0 spiro atoms. The van der Waals surface area contributed by atoms with E-state index >= 15 is 0 Å². The molecule has 0 unspecified atom stereocenters. The van der Waals surface area contributed by atoms with Crippen LogP contribution in [0.15, 0.2) is 24.3 Å². The van der Waals surface area contributed by atoms with Crippen molar-refractivity contribution in [1.29, 1.82) is 0 Å². The predicted molar refractivity (Wildman–Crippen MR) is 64.9 cm³/mol. The van der Waals surface area contributed by atoms with Gasteiger partial charge in [0, 0.05) is 19.1 Å². The highest BCUT2D eigenvalue weighted by atomic mass is 35.5. The quantitative estimate of drug-likeness (QED) is 0.811. The average Bonchev–Trinajstić information content (AvgIpc) is 2.27. The van der Waals surface area contributed by atoms with Gasteiger partial charge >= 0.3 is 0 Å². The van der Waals surface area contributed by atoms with Gasteiger partial charge in [-0.1, -0.05) is 18.5 Å². The number of hydrogen-bond donors (Lipinski definition) is 0. The van der Waals surface area contributed by atoms with Crippen molar-refractivity contribution in [1.82, 2.24) is 4.90 Å². The second-order valence-electron chi connectivity index (χ2n) is 3.70. The van der Waals surface area contributed by atoms with E-state index < -0.39 is 6.10 Å². The predicted octanol–water partition coefficient (Wildman–Crippen LogP) is 2.59. The van der Waals surface area contributed by atoms with Crippen molar-refractivity contribution in [3.8, 4) is 5.75 Å². The smallest absolute Gasteiger partial charge is 0.263 e. The standard InChI is InChI=1S/C12H16ClNO2/c1-4-11(12(15)14(2)3)16-10-7-5-9(13)6-8-10/h5-8,11H,4H2,1-3H3/t11-/m1/s1. The zero-order valence-electron chi connectivity index (χ0n) is 9.74. The Morgan fingerprint density at radius 3 is 2.38 bits per heavy atom. The van der Waals surface area contributed by atoms with Gasteiger partial charge in [-0.2, -0.15) is 0 Å². The molecule has 0 radical (unpaired) electrons. The maximum Gasteiger partial charge on any atom is 0.263 e. The Hall–Kier alpha value is -1.22. The van der Waals surface area contributed by atoms with Gasteiger partial charge in [-0.3, -0.25) is 4.79 Å². The molecule has 4 heteroatoms. The summed E-state index contributed by atoms with van der Waals surface area (Å²) >= 11 is 5.76. The zero-order valence-corrected chi connectivity index (χ0v) is 10.5. The molecule has 1 rings (SSSR count). The molecule has 1 atom stereocenters. The molecule has 1 aromatic rings. The van der Waals surface area contributed by atoms with Crippen molar-refractivity contribution in [3.05, 3.63) is 29.3 Å². The third kappa shape index (κ3) is 3.42. The van der Waals surface area contributed by atoms with Crippen LogP contribution in [0.2, 0.25) is 5.02 Å². The number of carbonyl (C=O) groups excluding carboxylic acids is 1. The summed E-state index contributed by atoms with van der Waals surface area (Å²) in [6, 6.07) is 7.00. The number of ether oxygens (including phenoxy) is 1. The first-order valence-corrected chi connectivity index (χ1v) is 5.55. The Balaban J connectivity index is 2.70. The first-order chi connectivity index (χ1) is 7.54. The highest BCUT2D eigenvalue weighted by Gasteiger charge is 2.19. The van der Waals surface area contributed by atoms with Crippen LogP contribution in [0.25, 0.3) is 0 Å². The third-order valence-corrected chi connectivity index (χ3v) is 2.43. The van der Waals surface area contributed by atoms with Crippen LogP contribution in [-0.4, -0.2) is 31.0 Å². The number of hydrogen-bond acceptors (Lipinski definition) is 2. The second-order valence-corrected chi connectivity index (χ2v) is 4.14. The molecule has 1 aromatic carbocycles. The summed E-state index contributed by atoms with van der Waals surface area (Å²) in [4.78, 5) is 13.3. The lowest BCUT2D eigenvalue weighted by atomic mass is 10.2. The highest BCUT2D eigenvalue weighted by Crippen LogP contribution is 2.18. The Morgan fingerprint density at radius 1 is 1.38 bits per heavy atom. The van der Waals surface area contributed by atoms with Crippen molar-refractivity contribution < 1.29 is 9.53 Å². The molecule has 16 heavy (non-hydrogen) atoms. The maximum atomic E-state index is 11.7. The van der Waals surface area contributed by atoms with E-state index in [0.29, 0.717) is 17.2 Å². The van der Waals surface area contributed by atoms with Crippen LogP contribution < -0.4 is 4.74 Å². The van der Waals surface area contributed by atoms with Gasteiger partial charge in [-0.05, 0) is 30.7 Å². The minimum atomic E-state index is -0.434. The Kier molecular flexibility index (Phi) is 4.62. The second kappa shape index (κ2) is 5.75. The first kappa shape index (κ1) is 12.8. The van der Waals surface area contributed by atoms with Crippen LogP contribution in [0.4, 0.5) is 0 Å².